The molecule has 0 atom stereocenters. The summed E-state index contributed by atoms with van der Waals surface area (Å²) in [5, 5.41) is 4.25. The molecular formula is C10H13Cl2NO. The predicted molar refractivity (Wildman–Crippen MR) is 61.8 cm³/mol. The fourth-order valence-electron chi connectivity index (χ4n) is 1.17. The first-order chi connectivity index (χ1) is 6.54. The summed E-state index contributed by atoms with van der Waals surface area (Å²) < 4.78 is 5.04. The van der Waals surface area contributed by atoms with Gasteiger partial charge in [0.25, 0.3) is 0 Å². The largest absolute Gasteiger partial charge is 0.494 e. The lowest BCUT2D eigenvalue weighted by molar-refractivity contribution is 0.415. The van der Waals surface area contributed by atoms with Crippen molar-refractivity contribution in [2.75, 3.05) is 12.4 Å². The molecule has 2 nitrogen and oxygen atoms in total. The molecule has 0 aromatic heterocycles. The summed E-state index contributed by atoms with van der Waals surface area (Å²) >= 11 is 11.9. The van der Waals surface area contributed by atoms with E-state index in [1.807, 2.05) is 13.8 Å². The van der Waals surface area contributed by atoms with Crippen LogP contribution in [0.15, 0.2) is 12.1 Å². The Morgan fingerprint density at radius 3 is 2.07 bits per heavy atom. The lowest BCUT2D eigenvalue weighted by Crippen LogP contribution is -2.09. The van der Waals surface area contributed by atoms with Crippen molar-refractivity contribution < 1.29 is 4.74 Å². The second-order valence-electron chi connectivity index (χ2n) is 3.27. The fraction of sp³-hybridized carbons (Fsp3) is 0.400. The van der Waals surface area contributed by atoms with Crippen molar-refractivity contribution in [3.8, 4) is 5.75 Å². The summed E-state index contributed by atoms with van der Waals surface area (Å²) in [4.78, 5) is 0. The van der Waals surface area contributed by atoms with Crippen LogP contribution < -0.4 is 10.1 Å². The molecule has 0 heterocycles. The van der Waals surface area contributed by atoms with Crippen LogP contribution in [0.4, 0.5) is 5.69 Å². The summed E-state index contributed by atoms with van der Waals surface area (Å²) in [5.74, 6) is 0.516. The maximum Gasteiger partial charge on any atom is 0.156 e. The molecule has 4 heteroatoms. The third kappa shape index (κ3) is 2.69. The van der Waals surface area contributed by atoms with E-state index < -0.39 is 0 Å². The molecular weight excluding hydrogens is 221 g/mol. The van der Waals surface area contributed by atoms with E-state index in [0.717, 1.165) is 5.69 Å². The third-order valence-electron chi connectivity index (χ3n) is 1.66. The van der Waals surface area contributed by atoms with Crippen molar-refractivity contribution in [3.63, 3.8) is 0 Å². The highest BCUT2D eigenvalue weighted by molar-refractivity contribution is 6.37. The molecule has 1 aromatic carbocycles. The topological polar surface area (TPSA) is 21.3 Å². The highest BCUT2D eigenvalue weighted by Gasteiger charge is 2.08. The Kier molecular flexibility index (Phi) is 3.90. The number of hydrogen-bond donors (Lipinski definition) is 1. The minimum Gasteiger partial charge on any atom is -0.494 e. The highest BCUT2D eigenvalue weighted by atomic mass is 35.5. The van der Waals surface area contributed by atoms with Gasteiger partial charge in [0.1, 0.15) is 0 Å². The van der Waals surface area contributed by atoms with Gasteiger partial charge >= 0.3 is 0 Å². The number of halogens is 2. The second kappa shape index (κ2) is 4.76. The summed E-state index contributed by atoms with van der Waals surface area (Å²) in [7, 11) is 1.54. The molecule has 0 spiro atoms. The number of methoxy groups -OCH3 is 1. The van der Waals surface area contributed by atoms with E-state index in [0.29, 0.717) is 21.8 Å². The molecule has 0 radical (unpaired) electrons. The Bertz CT molecular complexity index is 303. The molecule has 0 aliphatic carbocycles. The summed E-state index contributed by atoms with van der Waals surface area (Å²) in [6, 6.07) is 3.94. The first-order valence-corrected chi connectivity index (χ1v) is 5.09. The van der Waals surface area contributed by atoms with Crippen molar-refractivity contribution in [1.29, 1.82) is 0 Å². The van der Waals surface area contributed by atoms with Crippen LogP contribution in [0.2, 0.25) is 10.0 Å². The van der Waals surface area contributed by atoms with Crippen molar-refractivity contribution in [3.05, 3.63) is 22.2 Å². The zero-order valence-electron chi connectivity index (χ0n) is 8.40. The first-order valence-electron chi connectivity index (χ1n) is 4.34. The molecule has 1 N–H and O–H groups in total. The Labute approximate surface area is 94.2 Å². The second-order valence-corrected chi connectivity index (χ2v) is 4.09. The molecule has 0 saturated heterocycles. The Morgan fingerprint density at radius 1 is 1.21 bits per heavy atom. The minimum absolute atomic E-state index is 0.343. The van der Waals surface area contributed by atoms with Crippen LogP contribution in [0.1, 0.15) is 13.8 Å². The van der Waals surface area contributed by atoms with Crippen molar-refractivity contribution >= 4 is 28.9 Å². The van der Waals surface area contributed by atoms with E-state index in [2.05, 4.69) is 5.32 Å². The van der Waals surface area contributed by atoms with E-state index in [9.17, 15) is 0 Å². The zero-order valence-corrected chi connectivity index (χ0v) is 9.91. The van der Waals surface area contributed by atoms with Crippen molar-refractivity contribution in [1.82, 2.24) is 0 Å². The molecule has 0 aliphatic heterocycles. The van der Waals surface area contributed by atoms with Crippen LogP contribution >= 0.6 is 23.2 Å². The number of rotatable bonds is 3. The van der Waals surface area contributed by atoms with Crippen LogP contribution in [-0.2, 0) is 0 Å². The SMILES string of the molecule is COc1c(Cl)cc(NC(C)C)cc1Cl. The molecule has 0 unspecified atom stereocenters. The van der Waals surface area contributed by atoms with Crippen LogP contribution in [0.5, 0.6) is 5.75 Å². The van der Waals surface area contributed by atoms with Gasteiger partial charge < -0.3 is 10.1 Å². The zero-order chi connectivity index (χ0) is 10.7. The fourth-order valence-corrected chi connectivity index (χ4v) is 1.81. The summed E-state index contributed by atoms with van der Waals surface area (Å²) in [5.41, 5.74) is 0.899. The van der Waals surface area contributed by atoms with Crippen LogP contribution in [-0.4, -0.2) is 13.2 Å². The van der Waals surface area contributed by atoms with E-state index in [-0.39, 0.29) is 0 Å². The minimum atomic E-state index is 0.343. The number of benzene rings is 1. The molecule has 0 fully saturated rings. The van der Waals surface area contributed by atoms with Gasteiger partial charge in [0.05, 0.1) is 17.2 Å². The lowest BCUT2D eigenvalue weighted by Gasteiger charge is -2.12. The van der Waals surface area contributed by atoms with Crippen LogP contribution in [0.3, 0.4) is 0 Å². The molecule has 1 aromatic rings. The van der Waals surface area contributed by atoms with E-state index in [1.165, 1.54) is 0 Å². The normalized spacial score (nSPS) is 10.4. The van der Waals surface area contributed by atoms with Gasteiger partial charge in [-0.05, 0) is 26.0 Å². The number of ether oxygens (including phenoxy) is 1. The Balaban J connectivity index is 3.01. The average molecular weight is 234 g/mol. The van der Waals surface area contributed by atoms with Gasteiger partial charge in [0.15, 0.2) is 5.75 Å². The van der Waals surface area contributed by atoms with Crippen LogP contribution in [0.25, 0.3) is 0 Å². The van der Waals surface area contributed by atoms with E-state index >= 15 is 0 Å². The maximum absolute atomic E-state index is 5.97. The van der Waals surface area contributed by atoms with Gasteiger partial charge in [0.2, 0.25) is 0 Å². The monoisotopic (exact) mass is 233 g/mol. The third-order valence-corrected chi connectivity index (χ3v) is 2.22. The average Bonchev–Trinajstić information content (AvgIpc) is 2.01. The molecule has 0 bridgehead atoms. The maximum atomic E-state index is 5.97. The van der Waals surface area contributed by atoms with Crippen molar-refractivity contribution in [2.45, 2.75) is 19.9 Å². The Morgan fingerprint density at radius 2 is 1.71 bits per heavy atom. The molecule has 78 valence electrons. The smallest absolute Gasteiger partial charge is 0.156 e. The molecule has 1 rings (SSSR count). The van der Waals surface area contributed by atoms with Gasteiger partial charge in [-0.1, -0.05) is 23.2 Å². The summed E-state index contributed by atoms with van der Waals surface area (Å²) in [6.45, 7) is 4.10. The highest BCUT2D eigenvalue weighted by Crippen LogP contribution is 2.35. The Hall–Kier alpha value is -0.600. The van der Waals surface area contributed by atoms with Gasteiger partial charge in [-0.15, -0.1) is 0 Å². The lowest BCUT2D eigenvalue weighted by atomic mass is 10.2. The number of nitrogens with one attached hydrogen (secondary N) is 1. The van der Waals surface area contributed by atoms with E-state index in [1.54, 1.807) is 19.2 Å². The number of anilines is 1. The van der Waals surface area contributed by atoms with E-state index in [4.69, 9.17) is 27.9 Å². The quantitative estimate of drug-likeness (QED) is 0.858. The van der Waals surface area contributed by atoms with Gasteiger partial charge in [-0.2, -0.15) is 0 Å². The van der Waals surface area contributed by atoms with Crippen LogP contribution in [0, 0.1) is 0 Å². The molecule has 14 heavy (non-hydrogen) atoms. The molecule has 0 amide bonds. The molecule has 0 aliphatic rings. The first kappa shape index (κ1) is 11.5. The van der Waals surface area contributed by atoms with Crippen molar-refractivity contribution in [2.24, 2.45) is 0 Å². The van der Waals surface area contributed by atoms with Gasteiger partial charge in [-0.3, -0.25) is 0 Å². The van der Waals surface area contributed by atoms with Gasteiger partial charge in [0, 0.05) is 11.7 Å². The summed E-state index contributed by atoms with van der Waals surface area (Å²) in [6.07, 6.45) is 0. The predicted octanol–water partition coefficient (Wildman–Crippen LogP) is 3.82. The number of hydrogen-bond acceptors (Lipinski definition) is 2. The standard InChI is InChI=1S/C10H13Cl2NO/c1-6(2)13-7-4-8(11)10(14-3)9(12)5-7/h4-6,13H,1-3H3. The van der Waals surface area contributed by atoms with Gasteiger partial charge in [-0.25, -0.2) is 0 Å². The molecule has 0 saturated carbocycles.